The highest BCUT2D eigenvalue weighted by molar-refractivity contribution is 5.91. The number of rotatable bonds is 1. The van der Waals surface area contributed by atoms with E-state index in [1.54, 1.807) is 0 Å². The van der Waals surface area contributed by atoms with Crippen LogP contribution in [-0.4, -0.2) is 18.0 Å². The molecule has 0 aromatic carbocycles. The molecule has 0 radical (unpaired) electrons. The molecule has 138 valence electrons. The molecule has 4 saturated carbocycles. The van der Waals surface area contributed by atoms with Crippen LogP contribution in [0.5, 0.6) is 0 Å². The van der Waals surface area contributed by atoms with Gasteiger partial charge in [-0.25, -0.2) is 0 Å². The Bertz CT molecular complexity index is 747. The highest BCUT2D eigenvalue weighted by Gasteiger charge is 2.76. The van der Waals surface area contributed by atoms with E-state index in [1.807, 2.05) is 6.08 Å². The normalized spacial score (nSPS) is 56.4. The Kier molecular flexibility index (Phi) is 3.06. The van der Waals surface area contributed by atoms with E-state index < -0.39 is 0 Å². The van der Waals surface area contributed by atoms with E-state index >= 15 is 0 Å². The van der Waals surface area contributed by atoms with Crippen molar-refractivity contribution in [2.24, 2.45) is 46.8 Å². The minimum absolute atomic E-state index is 0.0255. The van der Waals surface area contributed by atoms with Gasteiger partial charge < -0.3 is 4.74 Å². The van der Waals surface area contributed by atoms with Gasteiger partial charge in [-0.1, -0.05) is 30.7 Å². The van der Waals surface area contributed by atoms with E-state index in [2.05, 4.69) is 31.7 Å². The molecule has 0 N–H and O–H groups in total. The van der Waals surface area contributed by atoms with E-state index in [1.165, 1.54) is 24.8 Å². The van der Waals surface area contributed by atoms with Crippen molar-refractivity contribution >= 4 is 5.78 Å². The van der Waals surface area contributed by atoms with E-state index in [-0.39, 0.29) is 5.60 Å². The Morgan fingerprint density at radius 1 is 1.31 bits per heavy atom. The van der Waals surface area contributed by atoms with Gasteiger partial charge >= 0.3 is 0 Å². The fourth-order valence-corrected chi connectivity index (χ4v) is 8.57. The lowest BCUT2D eigenvalue weighted by molar-refractivity contribution is -0.137. The van der Waals surface area contributed by atoms with E-state index in [0.29, 0.717) is 23.0 Å². The second-order valence-electron chi connectivity index (χ2n) is 10.2. The van der Waals surface area contributed by atoms with Gasteiger partial charge in [-0.3, -0.25) is 4.79 Å². The predicted octanol–water partition coefficient (Wildman–Crippen LogP) is 4.72. The van der Waals surface area contributed by atoms with Crippen LogP contribution in [0.25, 0.3) is 0 Å². The van der Waals surface area contributed by atoms with Gasteiger partial charge in [-0.05, 0) is 79.6 Å². The molecular weight excluding hydrogens is 320 g/mol. The van der Waals surface area contributed by atoms with Crippen LogP contribution in [0.1, 0.15) is 45.4 Å². The molecule has 6 rings (SSSR count). The van der Waals surface area contributed by atoms with Crippen molar-refractivity contribution in [1.29, 1.82) is 0 Å². The highest BCUT2D eigenvalue weighted by Crippen LogP contribution is 2.78. The van der Waals surface area contributed by atoms with Crippen molar-refractivity contribution in [3.05, 3.63) is 36.5 Å². The van der Waals surface area contributed by atoms with Crippen LogP contribution in [0.3, 0.4) is 0 Å². The quantitative estimate of drug-likeness (QED) is 0.640. The maximum atomic E-state index is 12.0. The number of ketones is 1. The third-order valence-electron chi connectivity index (χ3n) is 9.48. The number of ether oxygens (including phenoxy) is 1. The summed E-state index contributed by atoms with van der Waals surface area (Å²) < 4.78 is 6.50. The minimum atomic E-state index is 0.0255. The number of hydrogen-bond donors (Lipinski definition) is 0. The highest BCUT2D eigenvalue weighted by atomic mass is 16.5. The molecule has 1 aliphatic heterocycles. The molecule has 5 aliphatic carbocycles. The first-order valence-electron chi connectivity index (χ1n) is 10.8. The Labute approximate surface area is 156 Å². The molecule has 0 aromatic rings. The fraction of sp³-hybridized carbons (Fsp3) is 0.708. The zero-order valence-corrected chi connectivity index (χ0v) is 15.8. The van der Waals surface area contributed by atoms with E-state index in [0.717, 1.165) is 55.5 Å². The summed E-state index contributed by atoms with van der Waals surface area (Å²) in [5, 5.41) is 0. The molecule has 0 aromatic heterocycles. The van der Waals surface area contributed by atoms with Gasteiger partial charge in [0.1, 0.15) is 0 Å². The molecule has 6 unspecified atom stereocenters. The summed E-state index contributed by atoms with van der Waals surface area (Å²) in [6.45, 7) is 7.59. The Morgan fingerprint density at radius 2 is 2.19 bits per heavy atom. The molecular formula is C24H30O2. The monoisotopic (exact) mass is 350 g/mol. The van der Waals surface area contributed by atoms with Crippen molar-refractivity contribution in [2.75, 3.05) is 6.61 Å². The van der Waals surface area contributed by atoms with E-state index in [4.69, 9.17) is 4.74 Å². The first-order chi connectivity index (χ1) is 12.6. The van der Waals surface area contributed by atoms with Crippen LogP contribution >= 0.6 is 0 Å². The Morgan fingerprint density at radius 3 is 2.96 bits per heavy atom. The SMILES string of the molecule is C=CC1CC2=CC(=O)CC[C@@H]2C2CC[C@@]3(C)C(C4CC4[C@@]34C=CCO4)C12. The number of carbonyl (C=O) groups excluding carboxylic acids is 1. The van der Waals surface area contributed by atoms with Gasteiger partial charge in [-0.2, -0.15) is 0 Å². The van der Waals surface area contributed by atoms with Crippen LogP contribution in [0.4, 0.5) is 0 Å². The van der Waals surface area contributed by atoms with Crippen molar-refractivity contribution in [2.45, 2.75) is 51.0 Å². The Hall–Kier alpha value is -1.15. The lowest BCUT2D eigenvalue weighted by atomic mass is 9.47. The fourth-order valence-electron chi connectivity index (χ4n) is 8.57. The summed E-state index contributed by atoms with van der Waals surface area (Å²) in [6.07, 6.45) is 15.9. The summed E-state index contributed by atoms with van der Waals surface area (Å²) in [7, 11) is 0. The van der Waals surface area contributed by atoms with Crippen molar-refractivity contribution in [1.82, 2.24) is 0 Å². The molecule has 1 spiro atoms. The first kappa shape index (κ1) is 15.9. The third kappa shape index (κ3) is 1.71. The molecule has 9 atom stereocenters. The minimum Gasteiger partial charge on any atom is -0.366 e. The van der Waals surface area contributed by atoms with Gasteiger partial charge in [0.05, 0.1) is 12.2 Å². The molecule has 1 heterocycles. The van der Waals surface area contributed by atoms with Crippen molar-refractivity contribution < 1.29 is 9.53 Å². The smallest absolute Gasteiger partial charge is 0.155 e. The molecule has 0 bridgehead atoms. The lowest BCUT2D eigenvalue weighted by Gasteiger charge is -2.59. The van der Waals surface area contributed by atoms with Gasteiger partial charge in [-0.15, -0.1) is 6.58 Å². The zero-order valence-electron chi connectivity index (χ0n) is 15.8. The summed E-state index contributed by atoms with van der Waals surface area (Å²) in [6, 6.07) is 0. The standard InChI is InChI=1S/C24H30O2/c1-3-14-11-15-12-16(25)5-6-17(15)18-7-9-23(2)22(21(14)18)19-13-20(19)24(23)8-4-10-26-24/h3-4,8,12,14,17-22H,1,5-7,9-11,13H2,2H3/t14?,17-,18?,19?,20?,21?,22?,23-,24-/m0/s1. The van der Waals surface area contributed by atoms with Crippen molar-refractivity contribution in [3.8, 4) is 0 Å². The summed E-state index contributed by atoms with van der Waals surface area (Å²) in [5.74, 6) is 5.44. The number of carbonyl (C=O) groups is 1. The molecule has 0 saturated heterocycles. The van der Waals surface area contributed by atoms with Gasteiger partial charge in [0.25, 0.3) is 0 Å². The second kappa shape index (κ2) is 5.01. The summed E-state index contributed by atoms with van der Waals surface area (Å²) >= 11 is 0. The largest absolute Gasteiger partial charge is 0.366 e. The maximum Gasteiger partial charge on any atom is 0.155 e. The lowest BCUT2D eigenvalue weighted by Crippen LogP contribution is -2.56. The van der Waals surface area contributed by atoms with Crippen LogP contribution in [-0.2, 0) is 9.53 Å². The Balaban J connectivity index is 1.43. The zero-order chi connectivity index (χ0) is 17.7. The average Bonchev–Trinajstić information content (AvgIpc) is 3.20. The topological polar surface area (TPSA) is 26.3 Å². The number of hydrogen-bond acceptors (Lipinski definition) is 2. The summed E-state index contributed by atoms with van der Waals surface area (Å²) in [4.78, 5) is 12.0. The third-order valence-corrected chi connectivity index (χ3v) is 9.48. The van der Waals surface area contributed by atoms with Crippen LogP contribution in [0, 0.1) is 46.8 Å². The van der Waals surface area contributed by atoms with Gasteiger partial charge in [0.15, 0.2) is 5.78 Å². The van der Waals surface area contributed by atoms with Crippen LogP contribution in [0.2, 0.25) is 0 Å². The average molecular weight is 351 g/mol. The van der Waals surface area contributed by atoms with E-state index in [9.17, 15) is 4.79 Å². The second-order valence-corrected chi connectivity index (χ2v) is 10.2. The van der Waals surface area contributed by atoms with Gasteiger partial charge in [0.2, 0.25) is 0 Å². The predicted molar refractivity (Wildman–Crippen MR) is 101 cm³/mol. The maximum absolute atomic E-state index is 12.0. The first-order valence-corrected chi connectivity index (χ1v) is 10.8. The van der Waals surface area contributed by atoms with Crippen LogP contribution in [0.15, 0.2) is 36.5 Å². The number of fused-ring (bicyclic) bond motifs is 9. The van der Waals surface area contributed by atoms with Crippen LogP contribution < -0.4 is 0 Å². The summed E-state index contributed by atoms with van der Waals surface area (Å²) in [5.41, 5.74) is 1.77. The molecule has 0 amide bonds. The van der Waals surface area contributed by atoms with Crippen molar-refractivity contribution in [3.63, 3.8) is 0 Å². The number of allylic oxidation sites excluding steroid dienone is 2. The van der Waals surface area contributed by atoms with Gasteiger partial charge in [0, 0.05) is 11.8 Å². The molecule has 2 nitrogen and oxygen atoms in total. The molecule has 6 aliphatic rings. The molecule has 4 fully saturated rings. The molecule has 26 heavy (non-hydrogen) atoms. The molecule has 2 heteroatoms.